The Labute approximate surface area is 444 Å². The summed E-state index contributed by atoms with van der Waals surface area (Å²) in [5.74, 6) is -0.823. The molecule has 0 spiro atoms. The van der Waals surface area contributed by atoms with Gasteiger partial charge in [-0.05, 0) is 123 Å². The number of aliphatic hydroxyl groups is 13. The summed E-state index contributed by atoms with van der Waals surface area (Å²) >= 11 is 0. The lowest BCUT2D eigenvalue weighted by atomic mass is 9.33. The van der Waals surface area contributed by atoms with Crippen molar-refractivity contribution in [2.24, 2.45) is 50.2 Å². The van der Waals surface area contributed by atoms with Gasteiger partial charge < -0.3 is 104 Å². The summed E-state index contributed by atoms with van der Waals surface area (Å²) in [6, 6.07) is 0. The number of hydrogen-bond donors (Lipinski definition) is 13. The van der Waals surface area contributed by atoms with E-state index in [4.69, 9.17) is 37.9 Å². The zero-order chi connectivity index (χ0) is 55.6. The third-order valence-corrected chi connectivity index (χ3v) is 21.3. The normalized spacial score (nSPS) is 55.2. The molecule has 0 amide bonds. The molecule has 4 heterocycles. The van der Waals surface area contributed by atoms with Crippen molar-refractivity contribution in [3.8, 4) is 0 Å². The summed E-state index contributed by atoms with van der Waals surface area (Å²) in [4.78, 5) is 15.3. The summed E-state index contributed by atoms with van der Waals surface area (Å²) in [5.41, 5.74) is -1.97. The van der Waals surface area contributed by atoms with Gasteiger partial charge in [0.2, 0.25) is 6.29 Å². The van der Waals surface area contributed by atoms with Crippen molar-refractivity contribution >= 4 is 5.97 Å². The maximum atomic E-state index is 15.3. The van der Waals surface area contributed by atoms with E-state index in [0.717, 1.165) is 18.4 Å². The highest BCUT2D eigenvalue weighted by atomic mass is 16.8. The largest absolute Gasteiger partial charge is 0.432 e. The fourth-order valence-electron chi connectivity index (χ4n) is 16.5. The first-order valence-electron chi connectivity index (χ1n) is 27.7. The van der Waals surface area contributed by atoms with Crippen LogP contribution in [-0.2, 0) is 42.7 Å². The maximum Gasteiger partial charge on any atom is 0.315 e. The van der Waals surface area contributed by atoms with Crippen molar-refractivity contribution in [3.63, 3.8) is 0 Å². The summed E-state index contributed by atoms with van der Waals surface area (Å²) in [6.07, 6.45) is -22.9. The molecule has 4 aliphatic heterocycles. The lowest BCUT2D eigenvalue weighted by Gasteiger charge is -2.71. The van der Waals surface area contributed by atoms with Crippen LogP contribution in [-0.4, -0.2) is 221 Å². The Balaban J connectivity index is 1.00. The molecule has 13 N–H and O–H groups in total. The van der Waals surface area contributed by atoms with Crippen molar-refractivity contribution < 1.29 is 109 Å². The highest BCUT2D eigenvalue weighted by molar-refractivity contribution is 5.79. The molecule has 0 aromatic carbocycles. The zero-order valence-corrected chi connectivity index (χ0v) is 45.1. The number of hydrogen-bond acceptors (Lipinski definition) is 22. The fourth-order valence-corrected chi connectivity index (χ4v) is 16.5. The molecular weight excluding hydrogens is 1000 g/mol. The molecule has 0 radical (unpaired) electrons. The van der Waals surface area contributed by atoms with Gasteiger partial charge in [-0.1, -0.05) is 53.2 Å². The summed E-state index contributed by atoms with van der Waals surface area (Å²) < 4.78 is 48.8. The Morgan fingerprint density at radius 2 is 1.09 bits per heavy atom. The number of rotatable bonds is 11. The molecule has 4 saturated heterocycles. The van der Waals surface area contributed by atoms with E-state index in [1.165, 1.54) is 6.92 Å². The molecule has 22 heteroatoms. The van der Waals surface area contributed by atoms with Gasteiger partial charge >= 0.3 is 5.97 Å². The Bertz CT molecular complexity index is 2100. The highest BCUT2D eigenvalue weighted by Crippen LogP contribution is 2.76. The molecule has 0 aromatic rings. The van der Waals surface area contributed by atoms with E-state index in [9.17, 15) is 66.4 Å². The summed E-state index contributed by atoms with van der Waals surface area (Å²) in [7, 11) is 0. The quantitative estimate of drug-likeness (QED) is 0.0670. The van der Waals surface area contributed by atoms with Gasteiger partial charge in [-0.15, -0.1) is 0 Å². The van der Waals surface area contributed by atoms with Crippen molar-refractivity contribution in [2.45, 2.75) is 249 Å². The Kier molecular flexibility index (Phi) is 16.6. The van der Waals surface area contributed by atoms with Crippen LogP contribution in [0.5, 0.6) is 0 Å². The monoisotopic (exact) mass is 1090 g/mol. The van der Waals surface area contributed by atoms with Crippen LogP contribution in [0.4, 0.5) is 0 Å². The lowest BCUT2D eigenvalue weighted by molar-refractivity contribution is -0.370. The van der Waals surface area contributed by atoms with E-state index in [1.54, 1.807) is 6.92 Å². The summed E-state index contributed by atoms with van der Waals surface area (Å²) in [5, 5.41) is 140. The van der Waals surface area contributed by atoms with E-state index in [2.05, 4.69) is 47.6 Å². The molecule has 76 heavy (non-hydrogen) atoms. The second-order valence-corrected chi connectivity index (χ2v) is 26.2. The van der Waals surface area contributed by atoms with Crippen LogP contribution < -0.4 is 0 Å². The van der Waals surface area contributed by atoms with Gasteiger partial charge in [-0.3, -0.25) is 4.79 Å². The van der Waals surface area contributed by atoms with Crippen LogP contribution in [0.2, 0.25) is 0 Å². The Morgan fingerprint density at radius 1 is 0.566 bits per heavy atom. The lowest BCUT2D eigenvalue weighted by Crippen LogP contribution is -2.67. The molecule has 0 bridgehead atoms. The van der Waals surface area contributed by atoms with Gasteiger partial charge in [0.15, 0.2) is 25.0 Å². The topological polar surface area (TPSA) is 354 Å². The minimum absolute atomic E-state index is 0.0472. The number of fused-ring (bicyclic) bond motifs is 7. The molecule has 29 atom stereocenters. The summed E-state index contributed by atoms with van der Waals surface area (Å²) in [6.45, 7) is 14.9. The molecule has 9 aliphatic rings. The fraction of sp³-hybridized carbons (Fsp3) is 0.944. The standard InChI is InChI=1S/C54H88O22/c1-23-32(58)36(62)40(66)44(69-23)74-42-38(64)33(59)24(2)70-46(42)71-25-17-50(5,22-57)30-11-12-53(8)31(51(30,6)18-25)10-9-26-27-19-49(3,4)13-15-54(27,16-14-52(26,53)7)48(68)76-47-43(39(65)35(61)29(21-56)73-47)75-45-41(67)37(63)34(60)28(20-55)72-45/h9,23-25,27-47,55-67H,10-22H2,1-8H3/t23-,24-,25+,27+,28+,29+,30+,31+,32-,33-,34+,35+,36+,37-,38+,39-,40+,41+,42+,43+,44-,45-,46-,47-,50-,51+,52+,53+,54-/m0/s1. The van der Waals surface area contributed by atoms with E-state index < -0.39 is 170 Å². The minimum atomic E-state index is -1.89. The number of ether oxygens (including phenoxy) is 8. The molecule has 0 unspecified atom stereocenters. The van der Waals surface area contributed by atoms with Crippen LogP contribution in [0, 0.1) is 50.2 Å². The molecule has 5 aliphatic carbocycles. The van der Waals surface area contributed by atoms with Gasteiger partial charge in [-0.25, -0.2) is 0 Å². The molecule has 22 nitrogen and oxygen atoms in total. The first-order valence-corrected chi connectivity index (χ1v) is 27.7. The second kappa shape index (κ2) is 21.3. The minimum Gasteiger partial charge on any atom is -0.432 e. The third kappa shape index (κ3) is 9.57. The van der Waals surface area contributed by atoms with E-state index >= 15 is 4.79 Å². The van der Waals surface area contributed by atoms with Crippen LogP contribution in [0.15, 0.2) is 11.6 Å². The first kappa shape index (κ1) is 59.0. The van der Waals surface area contributed by atoms with E-state index in [0.29, 0.717) is 51.4 Å². The second-order valence-electron chi connectivity index (χ2n) is 26.2. The average molecular weight is 1090 g/mol. The first-order chi connectivity index (χ1) is 35.5. The highest BCUT2D eigenvalue weighted by Gasteiger charge is 2.70. The van der Waals surface area contributed by atoms with Crippen LogP contribution in [0.25, 0.3) is 0 Å². The zero-order valence-electron chi connectivity index (χ0n) is 45.1. The van der Waals surface area contributed by atoms with Crippen LogP contribution in [0.3, 0.4) is 0 Å². The molecule has 0 aromatic heterocycles. The van der Waals surface area contributed by atoms with E-state index in [-0.39, 0.29) is 35.2 Å². The third-order valence-electron chi connectivity index (χ3n) is 21.3. The van der Waals surface area contributed by atoms with Gasteiger partial charge in [0.1, 0.15) is 79.4 Å². The predicted octanol–water partition coefficient (Wildman–Crippen LogP) is -1.01. The van der Waals surface area contributed by atoms with Crippen molar-refractivity contribution in [1.29, 1.82) is 0 Å². The number of esters is 1. The van der Waals surface area contributed by atoms with Gasteiger partial charge in [0.05, 0.1) is 36.9 Å². The Hall–Kier alpha value is -1.59. The van der Waals surface area contributed by atoms with E-state index in [1.807, 2.05) is 0 Å². The van der Waals surface area contributed by atoms with Crippen molar-refractivity contribution in [1.82, 2.24) is 0 Å². The smallest absolute Gasteiger partial charge is 0.315 e. The SMILES string of the molecule is C[C@@H]1O[C@@H](O[C@H]2[C@H](O[C@@H]3C[C@@](C)(CO)[C@H]4CC[C@]5(C)[C@H](CC=C6[C@H]7CC(C)(C)CC[C@]7(C(=O)O[C@@H]7O[C@H](CO)[C@@H](O)[C@H](O)[C@H]7O[C@@H]7O[C@H](CO)[C@@H](O)[C@H](O)[C@H]7O)CC[C@]65C)[C@]4(C)C3)O[C@@H](C)[C@H](O)[C@H]2O)[C@H](O)[C@H](O)[C@H]1O. The Morgan fingerprint density at radius 3 is 1.71 bits per heavy atom. The molecule has 436 valence electrons. The predicted molar refractivity (Wildman–Crippen MR) is 261 cm³/mol. The van der Waals surface area contributed by atoms with Crippen molar-refractivity contribution in [3.05, 3.63) is 11.6 Å². The number of carbonyl (C=O) groups is 1. The number of allylic oxidation sites excluding steroid dienone is 2. The van der Waals surface area contributed by atoms with Crippen LogP contribution >= 0.6 is 0 Å². The molecule has 9 rings (SSSR count). The molecule has 8 fully saturated rings. The van der Waals surface area contributed by atoms with Gasteiger partial charge in [0.25, 0.3) is 0 Å². The number of carbonyl (C=O) groups excluding carboxylic acids is 1. The van der Waals surface area contributed by atoms with Gasteiger partial charge in [0, 0.05) is 6.61 Å². The van der Waals surface area contributed by atoms with Crippen molar-refractivity contribution in [2.75, 3.05) is 19.8 Å². The molecule has 4 saturated carbocycles. The van der Waals surface area contributed by atoms with Crippen LogP contribution in [0.1, 0.15) is 120 Å². The van der Waals surface area contributed by atoms with Gasteiger partial charge in [-0.2, -0.15) is 0 Å². The molecular formula is C54H88O22. The number of aliphatic hydroxyl groups excluding tert-OH is 13. The maximum absolute atomic E-state index is 15.3. The average Bonchev–Trinajstić information content (AvgIpc) is 3.57.